The summed E-state index contributed by atoms with van der Waals surface area (Å²) in [6.45, 7) is 5.36. The van der Waals surface area contributed by atoms with E-state index in [0.29, 0.717) is 25.0 Å². The minimum atomic E-state index is 0.0374. The predicted octanol–water partition coefficient (Wildman–Crippen LogP) is 5.34. The molecular formula is C26H24N2O2. The summed E-state index contributed by atoms with van der Waals surface area (Å²) < 4.78 is 11.9. The fourth-order valence-electron chi connectivity index (χ4n) is 4.09. The minimum absolute atomic E-state index is 0.0374. The predicted molar refractivity (Wildman–Crippen MR) is 119 cm³/mol. The largest absolute Gasteiger partial charge is 0.475 e. The normalized spacial score (nSPS) is 20.3. The zero-order valence-electron chi connectivity index (χ0n) is 17.2. The van der Waals surface area contributed by atoms with Crippen molar-refractivity contribution in [1.82, 2.24) is 0 Å². The minimum Gasteiger partial charge on any atom is -0.475 e. The fourth-order valence-corrected chi connectivity index (χ4v) is 4.09. The molecule has 30 heavy (non-hydrogen) atoms. The Bertz CT molecular complexity index is 1060. The van der Waals surface area contributed by atoms with Crippen molar-refractivity contribution in [3.63, 3.8) is 0 Å². The lowest BCUT2D eigenvalue weighted by Crippen LogP contribution is -2.06. The molecule has 0 amide bonds. The van der Waals surface area contributed by atoms with Gasteiger partial charge in [-0.05, 0) is 54.3 Å². The Labute approximate surface area is 176 Å². The third-order valence-electron chi connectivity index (χ3n) is 5.75. The van der Waals surface area contributed by atoms with Crippen molar-refractivity contribution < 1.29 is 9.47 Å². The van der Waals surface area contributed by atoms with Gasteiger partial charge in [0.05, 0.1) is 0 Å². The first-order valence-electron chi connectivity index (χ1n) is 10.3. The summed E-state index contributed by atoms with van der Waals surface area (Å²) in [7, 11) is 0. The summed E-state index contributed by atoms with van der Waals surface area (Å²) in [5.74, 6) is 1.36. The summed E-state index contributed by atoms with van der Waals surface area (Å²) in [5, 5.41) is 0. The van der Waals surface area contributed by atoms with E-state index >= 15 is 0 Å². The highest BCUT2D eigenvalue weighted by molar-refractivity contribution is 6.00. The lowest BCUT2D eigenvalue weighted by atomic mass is 10.0. The van der Waals surface area contributed by atoms with Gasteiger partial charge in [-0.3, -0.25) is 0 Å². The maximum absolute atomic E-state index is 5.95. The molecular weight excluding hydrogens is 372 g/mol. The number of hydrogen-bond donors (Lipinski definition) is 0. The Morgan fingerprint density at radius 1 is 0.633 bits per heavy atom. The zero-order chi connectivity index (χ0) is 20.5. The van der Waals surface area contributed by atoms with Crippen LogP contribution in [0.15, 0.2) is 82.8 Å². The van der Waals surface area contributed by atoms with Gasteiger partial charge >= 0.3 is 0 Å². The molecule has 0 spiro atoms. The highest BCUT2D eigenvalue weighted by Gasteiger charge is 2.25. The highest BCUT2D eigenvalue weighted by Crippen LogP contribution is 2.29. The van der Waals surface area contributed by atoms with Crippen molar-refractivity contribution in [2.75, 3.05) is 13.2 Å². The van der Waals surface area contributed by atoms with Gasteiger partial charge in [0.25, 0.3) is 0 Å². The second kappa shape index (κ2) is 7.79. The summed E-state index contributed by atoms with van der Waals surface area (Å²) in [6, 6.07) is 24.9. The van der Waals surface area contributed by atoms with Crippen LogP contribution in [0.1, 0.15) is 45.5 Å². The van der Waals surface area contributed by atoms with Gasteiger partial charge in [-0.1, -0.05) is 54.6 Å². The lowest BCUT2D eigenvalue weighted by Gasteiger charge is -2.08. The van der Waals surface area contributed by atoms with Gasteiger partial charge in [-0.25, -0.2) is 9.98 Å². The number of nitrogens with zero attached hydrogens (tertiary/aromatic N) is 2. The topological polar surface area (TPSA) is 43.2 Å². The first-order valence-corrected chi connectivity index (χ1v) is 10.3. The molecule has 2 unspecified atom stereocenters. The maximum atomic E-state index is 5.95. The van der Waals surface area contributed by atoms with E-state index in [1.54, 1.807) is 0 Å². The second-order valence-electron chi connectivity index (χ2n) is 7.82. The van der Waals surface area contributed by atoms with Crippen LogP contribution >= 0.6 is 0 Å². The van der Waals surface area contributed by atoms with Gasteiger partial charge in [0.15, 0.2) is 0 Å². The number of aryl methyl sites for hydroxylation is 2. The molecule has 4 nitrogen and oxygen atoms in total. The van der Waals surface area contributed by atoms with Crippen LogP contribution in [0.5, 0.6) is 0 Å². The van der Waals surface area contributed by atoms with Crippen LogP contribution in [-0.2, 0) is 9.47 Å². The molecule has 0 radical (unpaired) electrons. The van der Waals surface area contributed by atoms with Gasteiger partial charge in [-0.15, -0.1) is 0 Å². The average Bonchev–Trinajstić information content (AvgIpc) is 3.45. The molecule has 2 heterocycles. The summed E-state index contributed by atoms with van der Waals surface area (Å²) in [5.41, 5.74) is 6.81. The fraction of sp³-hybridized carbons (Fsp3) is 0.231. The van der Waals surface area contributed by atoms with Crippen LogP contribution in [0.4, 0.5) is 0 Å². The Balaban J connectivity index is 1.40. The molecule has 0 aliphatic carbocycles. The van der Waals surface area contributed by atoms with Crippen molar-refractivity contribution in [1.29, 1.82) is 0 Å². The smallest absolute Gasteiger partial charge is 0.216 e. The van der Waals surface area contributed by atoms with Crippen molar-refractivity contribution in [3.05, 3.63) is 106 Å². The summed E-state index contributed by atoms with van der Waals surface area (Å²) in [6.07, 6.45) is 0. The second-order valence-corrected chi connectivity index (χ2v) is 7.82. The molecule has 4 heteroatoms. The average molecular weight is 396 g/mol. The SMILES string of the molecule is Cc1ccccc1C1COC(c2cccc(C3=NC(c4ccccc4C)CO3)c2)=N1. The van der Waals surface area contributed by atoms with E-state index < -0.39 is 0 Å². The third kappa shape index (κ3) is 3.50. The molecule has 0 aromatic heterocycles. The molecule has 2 aliphatic rings. The van der Waals surface area contributed by atoms with Crippen LogP contribution in [0.3, 0.4) is 0 Å². The van der Waals surface area contributed by atoms with Crippen LogP contribution in [0.25, 0.3) is 0 Å². The van der Waals surface area contributed by atoms with Crippen molar-refractivity contribution >= 4 is 11.8 Å². The van der Waals surface area contributed by atoms with Crippen LogP contribution in [-0.4, -0.2) is 25.0 Å². The van der Waals surface area contributed by atoms with Crippen LogP contribution in [0.2, 0.25) is 0 Å². The number of benzene rings is 3. The Morgan fingerprint density at radius 2 is 1.10 bits per heavy atom. The maximum Gasteiger partial charge on any atom is 0.216 e. The lowest BCUT2D eigenvalue weighted by molar-refractivity contribution is 0.318. The Hall–Kier alpha value is -3.40. The van der Waals surface area contributed by atoms with Crippen LogP contribution < -0.4 is 0 Å². The van der Waals surface area contributed by atoms with E-state index in [1.165, 1.54) is 22.3 Å². The quantitative estimate of drug-likeness (QED) is 0.597. The van der Waals surface area contributed by atoms with Crippen molar-refractivity contribution in [3.8, 4) is 0 Å². The van der Waals surface area contributed by atoms with E-state index in [9.17, 15) is 0 Å². The molecule has 3 aromatic rings. The van der Waals surface area contributed by atoms with E-state index in [0.717, 1.165) is 11.1 Å². The molecule has 0 saturated carbocycles. The van der Waals surface area contributed by atoms with Crippen LogP contribution in [0, 0.1) is 13.8 Å². The molecule has 2 aliphatic heterocycles. The Kier molecular flexibility index (Phi) is 4.83. The van der Waals surface area contributed by atoms with E-state index in [-0.39, 0.29) is 12.1 Å². The van der Waals surface area contributed by atoms with Gasteiger partial charge in [0.2, 0.25) is 11.8 Å². The zero-order valence-corrected chi connectivity index (χ0v) is 17.2. The van der Waals surface area contributed by atoms with Gasteiger partial charge < -0.3 is 9.47 Å². The number of ether oxygens (including phenoxy) is 2. The number of rotatable bonds is 4. The van der Waals surface area contributed by atoms with Gasteiger partial charge in [0.1, 0.15) is 25.3 Å². The summed E-state index contributed by atoms with van der Waals surface area (Å²) >= 11 is 0. The van der Waals surface area contributed by atoms with Crippen molar-refractivity contribution in [2.45, 2.75) is 25.9 Å². The Morgan fingerprint density at radius 3 is 1.57 bits per heavy atom. The van der Waals surface area contributed by atoms with Crippen molar-refractivity contribution in [2.24, 2.45) is 9.98 Å². The monoisotopic (exact) mass is 396 g/mol. The molecule has 5 rings (SSSR count). The molecule has 150 valence electrons. The van der Waals surface area contributed by atoms with Gasteiger partial charge in [-0.2, -0.15) is 0 Å². The highest BCUT2D eigenvalue weighted by atomic mass is 16.5. The molecule has 2 atom stereocenters. The van der Waals surface area contributed by atoms with Gasteiger partial charge in [0, 0.05) is 11.1 Å². The standard InChI is InChI=1S/C26H24N2O2/c1-17-8-3-5-12-21(17)23-15-29-25(27-23)19-10-7-11-20(14-19)26-28-24(16-30-26)22-13-6-4-9-18(22)2/h3-14,23-24H,15-16H2,1-2H3. The summed E-state index contributed by atoms with van der Waals surface area (Å²) in [4.78, 5) is 9.69. The first-order chi connectivity index (χ1) is 14.7. The third-order valence-corrected chi connectivity index (χ3v) is 5.75. The van der Waals surface area contributed by atoms with E-state index in [2.05, 4.69) is 68.4 Å². The molecule has 0 fully saturated rings. The number of aliphatic imine (C=N–C) groups is 2. The van der Waals surface area contributed by atoms with E-state index in [4.69, 9.17) is 19.5 Å². The molecule has 0 saturated heterocycles. The van der Waals surface area contributed by atoms with E-state index in [1.807, 2.05) is 18.2 Å². The molecule has 0 N–H and O–H groups in total. The molecule has 3 aromatic carbocycles. The molecule has 0 bridgehead atoms. The number of hydrogen-bond acceptors (Lipinski definition) is 4. The first kappa shape index (κ1) is 18.6.